The van der Waals surface area contributed by atoms with Gasteiger partial charge in [-0.15, -0.1) is 0 Å². The average molecular weight is 280 g/mol. The second kappa shape index (κ2) is 8.14. The molecule has 1 heterocycles. The van der Waals surface area contributed by atoms with Gasteiger partial charge in [0.15, 0.2) is 0 Å². The molecule has 0 aliphatic heterocycles. The van der Waals surface area contributed by atoms with Crippen molar-refractivity contribution >= 4 is 11.9 Å². The number of amides is 1. The maximum Gasteiger partial charge on any atom is 0.303 e. The Hall–Kier alpha value is -2.11. The molecule has 0 aliphatic carbocycles. The number of aliphatic carboxylic acids is 1. The van der Waals surface area contributed by atoms with E-state index in [1.807, 2.05) is 0 Å². The zero-order valence-corrected chi connectivity index (χ0v) is 11.6. The lowest BCUT2D eigenvalue weighted by Gasteiger charge is -2.05. The van der Waals surface area contributed by atoms with Crippen LogP contribution in [0.15, 0.2) is 23.1 Å². The second-order valence-corrected chi connectivity index (χ2v) is 4.65. The van der Waals surface area contributed by atoms with E-state index in [1.165, 1.54) is 10.6 Å². The van der Waals surface area contributed by atoms with Crippen LogP contribution >= 0.6 is 0 Å². The standard InChI is InChI=1S/C14H20N2O4/c1-16-10-6-7-11(14(16)20)13(19)15-9-5-3-2-4-8-12(17)18/h6-7,10H,2-5,8-9H2,1H3,(H,15,19)(H,17,18). The Balaban J connectivity index is 2.25. The first kappa shape index (κ1) is 15.9. The third-order valence-electron chi connectivity index (χ3n) is 2.97. The molecule has 20 heavy (non-hydrogen) atoms. The molecule has 6 heteroatoms. The fourth-order valence-electron chi connectivity index (χ4n) is 1.82. The van der Waals surface area contributed by atoms with Crippen LogP contribution in [0.25, 0.3) is 0 Å². The number of hydrogen-bond donors (Lipinski definition) is 2. The number of aryl methyl sites for hydroxylation is 1. The van der Waals surface area contributed by atoms with Crippen molar-refractivity contribution in [1.29, 1.82) is 0 Å². The Morgan fingerprint density at radius 1 is 1.25 bits per heavy atom. The third kappa shape index (κ3) is 5.26. The van der Waals surface area contributed by atoms with E-state index < -0.39 is 5.97 Å². The van der Waals surface area contributed by atoms with Gasteiger partial charge >= 0.3 is 5.97 Å². The minimum Gasteiger partial charge on any atom is -0.481 e. The smallest absolute Gasteiger partial charge is 0.303 e. The van der Waals surface area contributed by atoms with Gasteiger partial charge in [-0.05, 0) is 25.0 Å². The topological polar surface area (TPSA) is 88.4 Å². The van der Waals surface area contributed by atoms with Gasteiger partial charge in [0.05, 0.1) is 0 Å². The van der Waals surface area contributed by atoms with Crippen LogP contribution in [0.4, 0.5) is 0 Å². The molecule has 1 aromatic rings. The SMILES string of the molecule is Cn1cccc(C(=O)NCCCCCCC(=O)O)c1=O. The Morgan fingerprint density at radius 3 is 2.65 bits per heavy atom. The maximum absolute atomic E-state index is 11.8. The molecule has 0 aromatic carbocycles. The summed E-state index contributed by atoms with van der Waals surface area (Å²) in [5, 5.41) is 11.2. The summed E-state index contributed by atoms with van der Waals surface area (Å²) in [4.78, 5) is 33.8. The van der Waals surface area contributed by atoms with Crippen LogP contribution < -0.4 is 10.9 Å². The second-order valence-electron chi connectivity index (χ2n) is 4.65. The fraction of sp³-hybridized carbons (Fsp3) is 0.500. The first-order valence-electron chi connectivity index (χ1n) is 6.68. The number of nitrogens with zero attached hydrogens (tertiary/aromatic N) is 1. The molecule has 0 saturated heterocycles. The molecule has 0 fully saturated rings. The van der Waals surface area contributed by atoms with E-state index in [0.717, 1.165) is 19.3 Å². The van der Waals surface area contributed by atoms with Crippen molar-refractivity contribution in [2.75, 3.05) is 6.54 Å². The van der Waals surface area contributed by atoms with Crippen molar-refractivity contribution in [2.24, 2.45) is 7.05 Å². The van der Waals surface area contributed by atoms with E-state index in [4.69, 9.17) is 5.11 Å². The van der Waals surface area contributed by atoms with Crippen LogP contribution in [0.2, 0.25) is 0 Å². The highest BCUT2D eigenvalue weighted by molar-refractivity contribution is 5.93. The van der Waals surface area contributed by atoms with Crippen LogP contribution in [-0.4, -0.2) is 28.1 Å². The van der Waals surface area contributed by atoms with Crippen molar-refractivity contribution < 1.29 is 14.7 Å². The Labute approximate surface area is 117 Å². The summed E-state index contributed by atoms with van der Waals surface area (Å²) in [7, 11) is 1.60. The molecule has 0 atom stereocenters. The van der Waals surface area contributed by atoms with E-state index in [0.29, 0.717) is 13.0 Å². The van der Waals surface area contributed by atoms with Crippen molar-refractivity contribution in [3.8, 4) is 0 Å². The number of carbonyl (C=O) groups excluding carboxylic acids is 1. The number of pyridine rings is 1. The van der Waals surface area contributed by atoms with Gasteiger partial charge in [0.2, 0.25) is 0 Å². The highest BCUT2D eigenvalue weighted by Gasteiger charge is 2.09. The van der Waals surface area contributed by atoms with E-state index in [2.05, 4.69) is 5.32 Å². The van der Waals surface area contributed by atoms with E-state index in [9.17, 15) is 14.4 Å². The fourth-order valence-corrected chi connectivity index (χ4v) is 1.82. The van der Waals surface area contributed by atoms with Crippen molar-refractivity contribution in [3.05, 3.63) is 34.2 Å². The molecule has 0 saturated carbocycles. The van der Waals surface area contributed by atoms with Gasteiger partial charge < -0.3 is 15.0 Å². The summed E-state index contributed by atoms with van der Waals surface area (Å²) in [6, 6.07) is 3.16. The van der Waals surface area contributed by atoms with Crippen LogP contribution in [-0.2, 0) is 11.8 Å². The van der Waals surface area contributed by atoms with Crippen LogP contribution in [0.3, 0.4) is 0 Å². The molecule has 0 radical (unpaired) electrons. The lowest BCUT2D eigenvalue weighted by Crippen LogP contribution is -2.32. The maximum atomic E-state index is 11.8. The Bertz CT molecular complexity index is 522. The van der Waals surface area contributed by atoms with Gasteiger partial charge in [-0.25, -0.2) is 0 Å². The Kier molecular flexibility index (Phi) is 6.49. The minimum absolute atomic E-state index is 0.140. The van der Waals surface area contributed by atoms with Gasteiger partial charge in [-0.2, -0.15) is 0 Å². The van der Waals surface area contributed by atoms with E-state index in [1.54, 1.807) is 19.3 Å². The number of nitrogens with one attached hydrogen (secondary N) is 1. The number of rotatable bonds is 8. The van der Waals surface area contributed by atoms with Crippen molar-refractivity contribution in [3.63, 3.8) is 0 Å². The molecular formula is C14H20N2O4. The summed E-state index contributed by atoms with van der Waals surface area (Å²) in [5.74, 6) is -1.14. The highest BCUT2D eigenvalue weighted by atomic mass is 16.4. The minimum atomic E-state index is -0.779. The largest absolute Gasteiger partial charge is 0.481 e. The average Bonchev–Trinajstić information content (AvgIpc) is 2.40. The zero-order chi connectivity index (χ0) is 15.0. The first-order chi connectivity index (χ1) is 9.52. The van der Waals surface area contributed by atoms with E-state index in [-0.39, 0.29) is 23.5 Å². The number of carboxylic acid groups (broad SMARTS) is 1. The predicted molar refractivity (Wildman–Crippen MR) is 74.7 cm³/mol. The van der Waals surface area contributed by atoms with Crippen LogP contribution in [0.1, 0.15) is 42.5 Å². The molecule has 0 bridgehead atoms. The van der Waals surface area contributed by atoms with Crippen LogP contribution in [0.5, 0.6) is 0 Å². The molecule has 110 valence electrons. The summed E-state index contributed by atoms with van der Waals surface area (Å²) < 4.78 is 1.36. The molecule has 0 unspecified atom stereocenters. The summed E-state index contributed by atoms with van der Waals surface area (Å²) in [6.45, 7) is 0.490. The van der Waals surface area contributed by atoms with E-state index >= 15 is 0 Å². The van der Waals surface area contributed by atoms with Gasteiger partial charge in [-0.3, -0.25) is 14.4 Å². The summed E-state index contributed by atoms with van der Waals surface area (Å²) in [5.41, 5.74) is -0.174. The quantitative estimate of drug-likeness (QED) is 0.699. The monoisotopic (exact) mass is 280 g/mol. The first-order valence-corrected chi connectivity index (χ1v) is 6.68. The third-order valence-corrected chi connectivity index (χ3v) is 2.97. The number of aromatic nitrogens is 1. The molecule has 0 aliphatic rings. The molecule has 0 spiro atoms. The van der Waals surface area contributed by atoms with Gasteiger partial charge in [0.25, 0.3) is 11.5 Å². The van der Waals surface area contributed by atoms with Crippen molar-refractivity contribution in [1.82, 2.24) is 9.88 Å². The van der Waals surface area contributed by atoms with Gasteiger partial charge in [0.1, 0.15) is 5.56 Å². The summed E-state index contributed by atoms with van der Waals surface area (Å²) in [6.07, 6.45) is 4.91. The predicted octanol–water partition coefficient (Wildman–Crippen LogP) is 1.15. The normalized spacial score (nSPS) is 10.2. The molecule has 1 rings (SSSR count). The number of hydrogen-bond acceptors (Lipinski definition) is 3. The molecule has 1 amide bonds. The van der Waals surface area contributed by atoms with Gasteiger partial charge in [-0.1, -0.05) is 12.8 Å². The lowest BCUT2D eigenvalue weighted by molar-refractivity contribution is -0.137. The lowest BCUT2D eigenvalue weighted by atomic mass is 10.1. The highest BCUT2D eigenvalue weighted by Crippen LogP contribution is 2.02. The van der Waals surface area contributed by atoms with Gasteiger partial charge in [0, 0.05) is 26.2 Å². The zero-order valence-electron chi connectivity index (χ0n) is 11.6. The number of carboxylic acids is 1. The Morgan fingerprint density at radius 2 is 1.95 bits per heavy atom. The molecular weight excluding hydrogens is 260 g/mol. The summed E-state index contributed by atoms with van der Waals surface area (Å²) >= 11 is 0. The number of carbonyl (C=O) groups is 2. The molecule has 1 aromatic heterocycles. The van der Waals surface area contributed by atoms with Crippen LogP contribution in [0, 0.1) is 0 Å². The molecule has 2 N–H and O–H groups in total. The molecule has 6 nitrogen and oxygen atoms in total. The number of unbranched alkanes of at least 4 members (excludes halogenated alkanes) is 3. The van der Waals surface area contributed by atoms with Crippen molar-refractivity contribution in [2.45, 2.75) is 32.1 Å².